The predicted molar refractivity (Wildman–Crippen MR) is 406 cm³/mol. The van der Waals surface area contributed by atoms with E-state index in [1.807, 2.05) is 72.8 Å². The smallest absolute Gasteiger partial charge is 0.164 e. The number of fused-ring (bicyclic) bond motifs is 12. The molecular weight excluding hydrogens is 1180 g/mol. The summed E-state index contributed by atoms with van der Waals surface area (Å²) < 4.78 is 20.1. The molecule has 0 amide bonds. The minimum Gasteiger partial charge on any atom is -0.457 e. The molecule has 4 heterocycles. The zero-order valence-corrected chi connectivity index (χ0v) is 59.2. The van der Waals surface area contributed by atoms with Crippen LogP contribution in [0.2, 0.25) is 0 Å². The van der Waals surface area contributed by atoms with E-state index in [-0.39, 0.29) is 0 Å². The second-order valence-electron chi connectivity index (χ2n) is 28.0. The summed E-state index contributed by atoms with van der Waals surface area (Å²) in [7, 11) is 0. The van der Waals surface area contributed by atoms with Crippen LogP contribution < -0.4 is 14.2 Å². The minimum atomic E-state index is 0.497. The third-order valence-electron chi connectivity index (χ3n) is 19.8. The van der Waals surface area contributed by atoms with Crippen LogP contribution in [0, 0.1) is 0 Å². The van der Waals surface area contributed by atoms with Crippen LogP contribution in [0.3, 0.4) is 0 Å². The van der Waals surface area contributed by atoms with Crippen molar-refractivity contribution >= 4 is 35.0 Å². The van der Waals surface area contributed by atoms with Crippen molar-refractivity contribution in [2.24, 2.45) is 30.0 Å². The van der Waals surface area contributed by atoms with Gasteiger partial charge >= 0.3 is 0 Å². The molecule has 0 atom stereocenters. The summed E-state index contributed by atoms with van der Waals surface area (Å²) in [5.41, 5.74) is 8.81. The van der Waals surface area contributed by atoms with E-state index in [0.717, 1.165) is 69.9 Å². The Morgan fingerprint density at radius 1 is 0.198 bits per heavy atom. The predicted octanol–water partition coefficient (Wildman–Crippen LogP) is 25.9. The van der Waals surface area contributed by atoms with Gasteiger partial charge in [-0.1, -0.05) is 288 Å². The maximum Gasteiger partial charge on any atom is 0.164 e. The first-order valence-electron chi connectivity index (χ1n) is 38.8. The lowest BCUT2D eigenvalue weighted by Crippen LogP contribution is -2.03. The molecule has 0 N–H and O–H groups in total. The molecule has 0 fully saturated rings. The fraction of sp³-hybridized carbons (Fsp3) is 0.517. The van der Waals surface area contributed by atoms with Crippen LogP contribution in [0.4, 0.5) is 0 Å². The molecule has 6 bridgehead atoms. The van der Waals surface area contributed by atoms with E-state index in [9.17, 15) is 0 Å². The molecule has 0 saturated heterocycles. The molecule has 0 unspecified atom stereocenters. The number of hydrogen-bond acceptors (Lipinski definition) is 9. The van der Waals surface area contributed by atoms with E-state index in [1.54, 1.807) is 0 Å². The Morgan fingerprint density at radius 2 is 0.396 bits per heavy atom. The van der Waals surface area contributed by atoms with Crippen LogP contribution in [0.5, 0.6) is 34.5 Å². The monoisotopic (exact) mass is 1290 g/mol. The summed E-state index contributed by atoms with van der Waals surface area (Å²) in [6, 6.07) is 44.0. The molecule has 0 saturated carbocycles. The van der Waals surface area contributed by atoms with E-state index < -0.39 is 0 Å². The summed E-state index contributed by atoms with van der Waals surface area (Å²) in [6.45, 7) is 6.88. The lowest BCUT2D eigenvalue weighted by molar-refractivity contribution is 0.481. The number of aliphatic imine (C=N–C) groups is 6. The Balaban J connectivity index is 0.817. The quantitative estimate of drug-likeness (QED) is 0.0356. The standard InChI is InChI=1S/C87H114N6O3/c1-4-7-10-13-16-19-22-25-28-31-34-37-40-46-67-49-43-52-70(61-67)94-73-55-58-76-79(64-73)85-88-82(76)92-86-81-66-75(96-72-54-45-51-69(63-72)48-42-39-36-33-30-27-24-21-18-15-12-9-6-3)57-60-78(81)84(90-86)93-87-80-65-74(56-59-77(80)83(89-87)91-85)95-71-53-44-50-68(62-71)47-41-38-35-32-29-26-23-20-17-14-11-8-5-2/h43-45,49-66H,4-42,46-48H2,1-3H3. The molecule has 0 radical (unpaired) electrons. The van der Waals surface area contributed by atoms with E-state index in [4.69, 9.17) is 44.2 Å². The van der Waals surface area contributed by atoms with Gasteiger partial charge < -0.3 is 14.2 Å². The fourth-order valence-corrected chi connectivity index (χ4v) is 14.1. The first-order valence-corrected chi connectivity index (χ1v) is 38.8. The van der Waals surface area contributed by atoms with Gasteiger partial charge in [0.25, 0.3) is 0 Å². The van der Waals surface area contributed by atoms with Gasteiger partial charge in [0.05, 0.1) is 0 Å². The number of amidine groups is 6. The molecule has 4 aliphatic heterocycles. The normalized spacial score (nSPS) is 13.4. The highest BCUT2D eigenvalue weighted by molar-refractivity contribution is 6.35. The second-order valence-corrected chi connectivity index (χ2v) is 28.0. The van der Waals surface area contributed by atoms with Crippen molar-refractivity contribution in [3.05, 3.63) is 177 Å². The van der Waals surface area contributed by atoms with Crippen molar-refractivity contribution in [3.8, 4) is 34.5 Å². The lowest BCUT2D eigenvalue weighted by Gasteiger charge is -2.10. The highest BCUT2D eigenvalue weighted by atomic mass is 16.5. The zero-order valence-electron chi connectivity index (χ0n) is 59.2. The maximum atomic E-state index is 6.69. The largest absolute Gasteiger partial charge is 0.457 e. The van der Waals surface area contributed by atoms with Gasteiger partial charge in [-0.15, -0.1) is 0 Å². The summed E-state index contributed by atoms with van der Waals surface area (Å²) in [6.07, 6.45) is 55.8. The Labute approximate surface area is 578 Å². The van der Waals surface area contributed by atoms with Crippen molar-refractivity contribution in [1.82, 2.24) is 0 Å². The van der Waals surface area contributed by atoms with Gasteiger partial charge in [0.15, 0.2) is 35.0 Å². The Bertz CT molecular complexity index is 3200. The highest BCUT2D eigenvalue weighted by Gasteiger charge is 2.32. The van der Waals surface area contributed by atoms with Crippen LogP contribution >= 0.6 is 0 Å². The first-order chi connectivity index (χ1) is 47.5. The van der Waals surface area contributed by atoms with Crippen LogP contribution in [-0.2, 0) is 19.3 Å². The molecule has 0 aliphatic carbocycles. The summed E-state index contributed by atoms with van der Waals surface area (Å²) in [4.78, 5) is 31.4. The molecule has 6 aromatic rings. The van der Waals surface area contributed by atoms with E-state index in [0.29, 0.717) is 52.3 Å². The van der Waals surface area contributed by atoms with Crippen LogP contribution in [-0.4, -0.2) is 35.0 Å². The third kappa shape index (κ3) is 22.9. The van der Waals surface area contributed by atoms with Gasteiger partial charge in [0.1, 0.15) is 34.5 Å². The minimum absolute atomic E-state index is 0.497. The van der Waals surface area contributed by atoms with Crippen LogP contribution in [0.1, 0.15) is 321 Å². The van der Waals surface area contributed by atoms with Gasteiger partial charge in [0, 0.05) is 33.4 Å². The topological polar surface area (TPSA) is 102 Å². The van der Waals surface area contributed by atoms with E-state index >= 15 is 0 Å². The lowest BCUT2D eigenvalue weighted by atomic mass is 10.0. The van der Waals surface area contributed by atoms with E-state index in [1.165, 1.54) is 267 Å². The molecule has 4 aliphatic rings. The second kappa shape index (κ2) is 40.5. The Kier molecular flexibility index (Phi) is 30.1. The molecule has 510 valence electrons. The Morgan fingerprint density at radius 3 is 0.625 bits per heavy atom. The molecule has 0 spiro atoms. The number of ether oxygens (including phenoxy) is 3. The average Bonchev–Trinajstić information content (AvgIpc) is 1.60. The van der Waals surface area contributed by atoms with Crippen molar-refractivity contribution in [3.63, 3.8) is 0 Å². The number of aryl methyl sites for hydroxylation is 3. The Hall–Kier alpha value is -7.26. The van der Waals surface area contributed by atoms with Gasteiger partial charge in [-0.3, -0.25) is 0 Å². The van der Waals surface area contributed by atoms with Gasteiger partial charge in [-0.2, -0.15) is 0 Å². The molecule has 6 aromatic carbocycles. The molecular formula is C87H114N6O3. The fourth-order valence-electron chi connectivity index (χ4n) is 14.1. The van der Waals surface area contributed by atoms with Gasteiger partial charge in [-0.25, -0.2) is 30.0 Å². The van der Waals surface area contributed by atoms with Crippen molar-refractivity contribution in [2.45, 2.75) is 290 Å². The average molecular weight is 1290 g/mol. The van der Waals surface area contributed by atoms with Crippen molar-refractivity contribution in [2.75, 3.05) is 0 Å². The summed E-state index contributed by atoms with van der Waals surface area (Å²) >= 11 is 0. The maximum absolute atomic E-state index is 6.69. The SMILES string of the molecule is CCCCCCCCCCCCCCCc1cccc(Oc2ccc3c(c2)C2=NC4=NC(=NC5=NC(=NC3=N2)c2cc(Oc3cccc(CCCCCCCCCCCCCCC)c3)ccc25)c2cc(Oc3cccc(CCCCCCCCCCCCCCC)c3)ccc24)c1. The van der Waals surface area contributed by atoms with Crippen molar-refractivity contribution < 1.29 is 14.2 Å². The number of unbranched alkanes of at least 4 members (excludes halogenated alkanes) is 36. The van der Waals surface area contributed by atoms with Gasteiger partial charge in [-0.05, 0) is 146 Å². The summed E-state index contributed by atoms with van der Waals surface area (Å²) in [5, 5.41) is 0. The van der Waals surface area contributed by atoms with E-state index in [2.05, 4.69) is 75.4 Å². The molecule has 9 nitrogen and oxygen atoms in total. The summed E-state index contributed by atoms with van der Waals surface area (Å²) in [5.74, 6) is 7.54. The molecule has 0 aromatic heterocycles. The molecule has 9 heteroatoms. The number of rotatable bonds is 48. The number of hydrogen-bond donors (Lipinski definition) is 0. The number of nitrogens with zero attached hydrogens (tertiary/aromatic N) is 6. The third-order valence-corrected chi connectivity index (χ3v) is 19.8. The van der Waals surface area contributed by atoms with Crippen LogP contribution in [0.15, 0.2) is 157 Å². The van der Waals surface area contributed by atoms with Crippen molar-refractivity contribution in [1.29, 1.82) is 0 Å². The highest BCUT2D eigenvalue weighted by Crippen LogP contribution is 2.36. The number of benzene rings is 6. The zero-order chi connectivity index (χ0) is 66.0. The van der Waals surface area contributed by atoms with Gasteiger partial charge in [0.2, 0.25) is 0 Å². The first kappa shape index (κ1) is 71.5. The van der Waals surface area contributed by atoms with Crippen LogP contribution in [0.25, 0.3) is 0 Å². The molecule has 10 rings (SSSR count). The molecule has 96 heavy (non-hydrogen) atoms.